The molecule has 3 aromatic rings. The number of amides is 1. The maximum atomic E-state index is 12.6. The number of fused-ring (bicyclic) bond motifs is 1. The van der Waals surface area contributed by atoms with Crippen LogP contribution in [0.4, 0.5) is 5.69 Å². The summed E-state index contributed by atoms with van der Waals surface area (Å²) in [7, 11) is 0. The standard InChI is InChI=1S/C25H30N2O3/c1-4-27(5-2)20-11-12-21-18(3)22(25(29)30-23(21)17-20)13-14-24(28)26-16-15-19-9-7-6-8-10-19/h6-12,17H,4-5,13-16H2,1-3H3,(H,26,28). The van der Waals surface area contributed by atoms with E-state index in [2.05, 4.69) is 30.1 Å². The lowest BCUT2D eigenvalue weighted by molar-refractivity contribution is -0.121. The molecular formula is C25H30N2O3. The molecule has 1 aromatic heterocycles. The fraction of sp³-hybridized carbons (Fsp3) is 0.360. The average molecular weight is 407 g/mol. The van der Waals surface area contributed by atoms with Gasteiger partial charge in [0.25, 0.3) is 0 Å². The van der Waals surface area contributed by atoms with Crippen LogP contribution in [-0.2, 0) is 17.6 Å². The van der Waals surface area contributed by atoms with E-state index in [1.165, 1.54) is 5.56 Å². The maximum Gasteiger partial charge on any atom is 0.339 e. The Labute approximate surface area is 177 Å². The fourth-order valence-electron chi connectivity index (χ4n) is 3.78. The number of hydrogen-bond donors (Lipinski definition) is 1. The van der Waals surface area contributed by atoms with Crippen molar-refractivity contribution in [2.45, 2.75) is 40.0 Å². The van der Waals surface area contributed by atoms with Gasteiger partial charge in [-0.15, -0.1) is 0 Å². The number of rotatable bonds is 9. The lowest BCUT2D eigenvalue weighted by atomic mass is 10.0. The first-order chi connectivity index (χ1) is 14.5. The van der Waals surface area contributed by atoms with Crippen LogP contribution < -0.4 is 15.8 Å². The first-order valence-electron chi connectivity index (χ1n) is 10.6. The molecule has 0 atom stereocenters. The minimum absolute atomic E-state index is 0.0540. The molecule has 5 heteroatoms. The molecule has 0 saturated carbocycles. The van der Waals surface area contributed by atoms with E-state index in [1.807, 2.05) is 49.4 Å². The third-order valence-electron chi connectivity index (χ3n) is 5.58. The Hall–Kier alpha value is -3.08. The molecule has 30 heavy (non-hydrogen) atoms. The molecule has 1 heterocycles. The van der Waals surface area contributed by atoms with Crippen molar-refractivity contribution in [3.8, 4) is 0 Å². The van der Waals surface area contributed by atoms with E-state index in [0.29, 0.717) is 24.1 Å². The van der Waals surface area contributed by atoms with Gasteiger partial charge < -0.3 is 14.6 Å². The topological polar surface area (TPSA) is 62.6 Å². The van der Waals surface area contributed by atoms with Crippen LogP contribution in [0.2, 0.25) is 0 Å². The lowest BCUT2D eigenvalue weighted by Gasteiger charge is -2.21. The van der Waals surface area contributed by atoms with Gasteiger partial charge in [-0.2, -0.15) is 0 Å². The first-order valence-corrected chi connectivity index (χ1v) is 10.6. The summed E-state index contributed by atoms with van der Waals surface area (Å²) in [5, 5.41) is 3.85. The number of aryl methyl sites for hydroxylation is 1. The third kappa shape index (κ3) is 5.09. The molecule has 0 bridgehead atoms. The number of carbonyl (C=O) groups excluding carboxylic acids is 1. The molecule has 1 N–H and O–H groups in total. The van der Waals surface area contributed by atoms with Crippen LogP contribution in [0.3, 0.4) is 0 Å². The zero-order valence-corrected chi connectivity index (χ0v) is 18.0. The molecule has 0 aliphatic rings. The summed E-state index contributed by atoms with van der Waals surface area (Å²) in [6.45, 7) is 8.50. The Morgan fingerprint density at radius 2 is 1.77 bits per heavy atom. The molecule has 0 aliphatic heterocycles. The van der Waals surface area contributed by atoms with Crippen LogP contribution in [0.1, 0.15) is 37.0 Å². The molecule has 1 amide bonds. The average Bonchev–Trinajstić information content (AvgIpc) is 2.75. The van der Waals surface area contributed by atoms with Gasteiger partial charge in [0, 0.05) is 48.8 Å². The summed E-state index contributed by atoms with van der Waals surface area (Å²) in [6.07, 6.45) is 1.43. The number of hydrogen-bond acceptors (Lipinski definition) is 4. The van der Waals surface area contributed by atoms with Gasteiger partial charge in [0.2, 0.25) is 5.91 Å². The van der Waals surface area contributed by atoms with E-state index in [0.717, 1.165) is 36.1 Å². The molecule has 158 valence electrons. The SMILES string of the molecule is CCN(CC)c1ccc2c(C)c(CCC(=O)NCCc3ccccc3)c(=O)oc2c1. The predicted octanol–water partition coefficient (Wildman–Crippen LogP) is 4.24. The van der Waals surface area contributed by atoms with Crippen LogP contribution in [0, 0.1) is 6.92 Å². The summed E-state index contributed by atoms with van der Waals surface area (Å²) in [5.74, 6) is -0.0540. The molecule has 0 fully saturated rings. The molecule has 0 unspecified atom stereocenters. The highest BCUT2D eigenvalue weighted by Gasteiger charge is 2.14. The van der Waals surface area contributed by atoms with Gasteiger partial charge in [0.05, 0.1) is 0 Å². The van der Waals surface area contributed by atoms with Crippen molar-refractivity contribution in [2.75, 3.05) is 24.5 Å². The number of carbonyl (C=O) groups is 1. The van der Waals surface area contributed by atoms with Crippen molar-refractivity contribution in [3.05, 3.63) is 75.6 Å². The molecule has 0 radical (unpaired) electrons. The smallest absolute Gasteiger partial charge is 0.339 e. The van der Waals surface area contributed by atoms with Crippen molar-refractivity contribution < 1.29 is 9.21 Å². The van der Waals surface area contributed by atoms with Gasteiger partial charge in [0.1, 0.15) is 5.58 Å². The second kappa shape index (κ2) is 10.1. The summed E-state index contributed by atoms with van der Waals surface area (Å²) >= 11 is 0. The van der Waals surface area contributed by atoms with Gasteiger partial charge in [-0.05, 0) is 56.9 Å². The van der Waals surface area contributed by atoms with Crippen molar-refractivity contribution in [2.24, 2.45) is 0 Å². The van der Waals surface area contributed by atoms with Crippen LogP contribution in [-0.4, -0.2) is 25.5 Å². The molecule has 0 spiro atoms. The second-order valence-electron chi connectivity index (χ2n) is 7.43. The Morgan fingerprint density at radius 3 is 2.47 bits per heavy atom. The highest BCUT2D eigenvalue weighted by molar-refractivity contribution is 5.84. The Kier molecular flexibility index (Phi) is 7.28. The molecule has 0 aliphatic carbocycles. The molecule has 3 rings (SSSR count). The summed E-state index contributed by atoms with van der Waals surface area (Å²) in [5.41, 5.74) is 3.95. The second-order valence-corrected chi connectivity index (χ2v) is 7.43. The fourth-order valence-corrected chi connectivity index (χ4v) is 3.78. The first kappa shape index (κ1) is 21.6. The van der Waals surface area contributed by atoms with Crippen LogP contribution in [0.5, 0.6) is 0 Å². The van der Waals surface area contributed by atoms with E-state index < -0.39 is 0 Å². The highest BCUT2D eigenvalue weighted by Crippen LogP contribution is 2.25. The van der Waals surface area contributed by atoms with Crippen molar-refractivity contribution in [1.29, 1.82) is 0 Å². The Balaban J connectivity index is 1.66. The van der Waals surface area contributed by atoms with Crippen molar-refractivity contribution in [1.82, 2.24) is 5.32 Å². The largest absolute Gasteiger partial charge is 0.422 e. The lowest BCUT2D eigenvalue weighted by Crippen LogP contribution is -2.26. The molecular weight excluding hydrogens is 376 g/mol. The summed E-state index contributed by atoms with van der Waals surface area (Å²) in [4.78, 5) is 27.0. The summed E-state index contributed by atoms with van der Waals surface area (Å²) in [6, 6.07) is 16.0. The van der Waals surface area contributed by atoms with Crippen LogP contribution >= 0.6 is 0 Å². The zero-order chi connectivity index (χ0) is 21.5. The minimum Gasteiger partial charge on any atom is -0.422 e. The van der Waals surface area contributed by atoms with E-state index >= 15 is 0 Å². The minimum atomic E-state index is -0.353. The highest BCUT2D eigenvalue weighted by atomic mass is 16.4. The van der Waals surface area contributed by atoms with Gasteiger partial charge >= 0.3 is 5.63 Å². The van der Waals surface area contributed by atoms with Crippen LogP contribution in [0.25, 0.3) is 11.0 Å². The zero-order valence-electron chi connectivity index (χ0n) is 18.0. The number of nitrogens with one attached hydrogen (secondary N) is 1. The van der Waals surface area contributed by atoms with Gasteiger partial charge in [-0.1, -0.05) is 30.3 Å². The van der Waals surface area contributed by atoms with E-state index in [4.69, 9.17) is 4.42 Å². The quantitative estimate of drug-likeness (QED) is 0.540. The van der Waals surface area contributed by atoms with Crippen LogP contribution in [0.15, 0.2) is 57.7 Å². The number of nitrogens with zero attached hydrogens (tertiary/aromatic N) is 1. The number of anilines is 1. The van der Waals surface area contributed by atoms with E-state index in [9.17, 15) is 9.59 Å². The molecule has 5 nitrogen and oxygen atoms in total. The molecule has 0 saturated heterocycles. The normalized spacial score (nSPS) is 10.9. The third-order valence-corrected chi connectivity index (χ3v) is 5.58. The summed E-state index contributed by atoms with van der Waals surface area (Å²) < 4.78 is 5.61. The monoisotopic (exact) mass is 406 g/mol. The Morgan fingerprint density at radius 1 is 1.03 bits per heavy atom. The van der Waals surface area contributed by atoms with Gasteiger partial charge in [-0.3, -0.25) is 4.79 Å². The number of benzene rings is 2. The van der Waals surface area contributed by atoms with Gasteiger partial charge in [0.15, 0.2) is 0 Å². The van der Waals surface area contributed by atoms with Crippen molar-refractivity contribution >= 4 is 22.6 Å². The van der Waals surface area contributed by atoms with E-state index in [1.54, 1.807) is 0 Å². The Bertz CT molecular complexity index is 1050. The maximum absolute atomic E-state index is 12.6. The van der Waals surface area contributed by atoms with E-state index in [-0.39, 0.29) is 18.0 Å². The predicted molar refractivity (Wildman–Crippen MR) is 122 cm³/mol. The molecule has 2 aromatic carbocycles. The van der Waals surface area contributed by atoms with Gasteiger partial charge in [-0.25, -0.2) is 4.79 Å². The van der Waals surface area contributed by atoms with Crippen molar-refractivity contribution in [3.63, 3.8) is 0 Å².